The van der Waals surface area contributed by atoms with Gasteiger partial charge in [0.15, 0.2) is 75.9 Å². The number of aliphatic hydroxyl groups is 1. The topological polar surface area (TPSA) is 175 Å². The van der Waals surface area contributed by atoms with E-state index in [0.29, 0.717) is 0 Å². The first-order valence-electron chi connectivity index (χ1n) is 24.1. The fraction of sp³-hybridized carbons (Fsp3) is 0.161. The number of nitrogens with one attached hydrogen (secondary N) is 2. The number of carbonyl (C=O) groups excluding carboxylic acids is 3. The first-order valence-corrected chi connectivity index (χ1v) is 24.1. The maximum atomic E-state index is 16.2. The number of fused-ring (bicyclic) bond motifs is 8. The van der Waals surface area contributed by atoms with E-state index in [9.17, 15) is 32.7 Å². The molecule has 1 saturated heterocycles. The van der Waals surface area contributed by atoms with Crippen molar-refractivity contribution in [2.24, 2.45) is 0 Å². The average molecular weight is 1190 g/mol. The lowest BCUT2D eigenvalue weighted by molar-refractivity contribution is -0.285. The molecule has 10 rings (SSSR count). The summed E-state index contributed by atoms with van der Waals surface area (Å²) in [6, 6.07) is 8.67. The summed E-state index contributed by atoms with van der Waals surface area (Å²) in [7, 11) is 0. The van der Waals surface area contributed by atoms with Crippen molar-refractivity contribution in [1.82, 2.24) is 19.9 Å². The van der Waals surface area contributed by atoms with E-state index in [-0.39, 0.29) is 28.1 Å². The Hall–Kier alpha value is -9.44. The predicted molar refractivity (Wildman–Crippen MR) is 263 cm³/mol. The third kappa shape index (κ3) is 9.92. The van der Waals surface area contributed by atoms with Crippen molar-refractivity contribution in [3.05, 3.63) is 159 Å². The number of halogens is 15. The highest BCUT2D eigenvalue weighted by Gasteiger charge is 2.51. The van der Waals surface area contributed by atoms with Crippen molar-refractivity contribution in [3.8, 4) is 50.3 Å². The Morgan fingerprint density at radius 3 is 1.18 bits per heavy atom. The quantitative estimate of drug-likeness (QED) is 0.0391. The lowest BCUT2D eigenvalue weighted by atomic mass is 9.98. The summed E-state index contributed by atoms with van der Waals surface area (Å²) in [6.07, 6.45) is -5.25. The van der Waals surface area contributed by atoms with Crippen molar-refractivity contribution in [2.75, 3.05) is 6.61 Å². The molecule has 84 heavy (non-hydrogen) atoms. The van der Waals surface area contributed by atoms with Crippen LogP contribution in [0.15, 0.2) is 48.5 Å². The number of aromatic nitrogens is 4. The number of rotatable bonds is 10. The Morgan fingerprint density at radius 2 is 0.810 bits per heavy atom. The van der Waals surface area contributed by atoms with Crippen LogP contribution >= 0.6 is 0 Å². The summed E-state index contributed by atoms with van der Waals surface area (Å²) in [5, 5.41) is 11.2. The Labute approximate surface area is 459 Å². The maximum Gasteiger partial charge on any atom is 0.303 e. The van der Waals surface area contributed by atoms with Gasteiger partial charge in [0.05, 0.1) is 39.5 Å². The molecule has 4 aromatic carbocycles. The van der Waals surface area contributed by atoms with E-state index in [4.69, 9.17) is 23.7 Å². The predicted octanol–water partition coefficient (Wildman–Crippen LogP) is 12.3. The van der Waals surface area contributed by atoms with Gasteiger partial charge in [-0.3, -0.25) is 14.4 Å². The molecule has 434 valence electrons. The standard InChI is InChI=1S/C56H31F15N4O9/c1-17(76)80-16-30-53(79)54(81-18(2)77)55(82-19(3)78)56(84-30)83-21-6-4-5-20(15-21)31-22-7-9-24(72-22)32(35-38(57)44(63)50(69)45(64)39(35)58)26-11-13-28(74-26)34(37-42(61)48(67)52(71)49(68)43(37)62)29-14-12-27(75-29)33(25-10-8-23(31)73-25)36-40(59)46(65)51(70)47(66)41(36)60/h4-15,30,53-56,72,75,79H,16H2,1-3H3/t30?,53-,54?,55?,56-/m1/s1. The second kappa shape index (κ2) is 22.0. The van der Waals surface area contributed by atoms with Crippen molar-refractivity contribution < 1.29 is 109 Å². The average Bonchev–Trinajstić information content (AvgIpc) is 1.83. The number of benzene rings is 4. The van der Waals surface area contributed by atoms with Gasteiger partial charge in [-0.2, -0.15) is 0 Å². The Balaban J connectivity index is 1.33. The largest absolute Gasteiger partial charge is 0.463 e. The normalized spacial score (nSPS) is 17.4. The number of aliphatic hydroxyl groups excluding tert-OH is 1. The summed E-state index contributed by atoms with van der Waals surface area (Å²) in [5.74, 6) is -41.1. The number of ether oxygens (including phenoxy) is 5. The molecule has 28 heteroatoms. The van der Waals surface area contributed by atoms with E-state index >= 15 is 52.7 Å². The SMILES string of the molecule is CC(=O)OCC1O[C@@H](Oc2cccc(-c3c4nc(c(-c5c(F)c(F)c(F)c(F)c5F)c5ccc([nH]5)c(-c5c(F)c(F)c(F)c(F)c5F)c5nc(c(-c6c(F)c(F)c(F)c(F)c6F)c6ccc3[nH]6)C=C5)C=C4)c2)C(OC(C)=O)C(OC(C)=O)[C@@H]1O. The molecule has 3 N–H and O–H groups in total. The van der Waals surface area contributed by atoms with Crippen LogP contribution in [-0.4, -0.2) is 80.3 Å². The van der Waals surface area contributed by atoms with Crippen LogP contribution in [-0.2, 0) is 33.3 Å². The number of nitrogens with zero attached hydrogens (tertiary/aromatic N) is 2. The van der Waals surface area contributed by atoms with Gasteiger partial charge >= 0.3 is 17.9 Å². The molecule has 13 nitrogen and oxygen atoms in total. The van der Waals surface area contributed by atoms with Gasteiger partial charge < -0.3 is 38.8 Å². The minimum Gasteiger partial charge on any atom is -0.463 e. The lowest BCUT2D eigenvalue weighted by Gasteiger charge is -2.42. The Bertz CT molecular complexity index is 4090. The van der Waals surface area contributed by atoms with Crippen LogP contribution in [0, 0.1) is 87.3 Å². The molecule has 3 aliphatic rings. The van der Waals surface area contributed by atoms with E-state index in [1.54, 1.807) is 0 Å². The van der Waals surface area contributed by atoms with Gasteiger partial charge in [-0.1, -0.05) is 12.1 Å². The molecule has 8 bridgehead atoms. The molecule has 5 atom stereocenters. The van der Waals surface area contributed by atoms with Crippen molar-refractivity contribution >= 4 is 64.3 Å². The van der Waals surface area contributed by atoms with Crippen LogP contribution < -0.4 is 4.74 Å². The van der Waals surface area contributed by atoms with E-state index in [2.05, 4.69) is 19.9 Å². The fourth-order valence-corrected chi connectivity index (χ4v) is 9.60. The van der Waals surface area contributed by atoms with Crippen LogP contribution in [0.2, 0.25) is 0 Å². The highest BCUT2D eigenvalue weighted by Crippen LogP contribution is 2.44. The second-order valence-corrected chi connectivity index (χ2v) is 18.5. The molecule has 3 aliphatic heterocycles. The summed E-state index contributed by atoms with van der Waals surface area (Å²) in [4.78, 5) is 50.3. The van der Waals surface area contributed by atoms with E-state index in [1.165, 1.54) is 24.3 Å². The van der Waals surface area contributed by atoms with Gasteiger partial charge in [-0.25, -0.2) is 75.8 Å². The fourth-order valence-electron chi connectivity index (χ4n) is 9.60. The molecule has 0 aliphatic carbocycles. The lowest BCUT2D eigenvalue weighted by Crippen LogP contribution is -2.62. The van der Waals surface area contributed by atoms with Gasteiger partial charge in [0.25, 0.3) is 0 Å². The molecule has 1 fully saturated rings. The van der Waals surface area contributed by atoms with E-state index in [1.807, 2.05) is 0 Å². The zero-order chi connectivity index (χ0) is 60.7. The third-order valence-electron chi connectivity index (χ3n) is 13.2. The van der Waals surface area contributed by atoms with Crippen molar-refractivity contribution in [1.29, 1.82) is 0 Å². The zero-order valence-corrected chi connectivity index (χ0v) is 42.3. The molecule has 7 aromatic rings. The van der Waals surface area contributed by atoms with E-state index < -0.39 is 209 Å². The van der Waals surface area contributed by atoms with Gasteiger partial charge in [-0.15, -0.1) is 0 Å². The molecule has 3 unspecified atom stereocenters. The number of carbonyl (C=O) groups is 3. The number of H-pyrrole nitrogens is 2. The number of hydrogen-bond acceptors (Lipinski definition) is 11. The van der Waals surface area contributed by atoms with Gasteiger partial charge in [0, 0.05) is 65.1 Å². The monoisotopic (exact) mass is 1190 g/mol. The Morgan fingerprint density at radius 1 is 0.464 bits per heavy atom. The summed E-state index contributed by atoms with van der Waals surface area (Å²) < 4.78 is 260. The Kier molecular flexibility index (Phi) is 15.2. The minimum atomic E-state index is -2.67. The molecule has 0 saturated carbocycles. The van der Waals surface area contributed by atoms with Crippen LogP contribution in [0.3, 0.4) is 0 Å². The van der Waals surface area contributed by atoms with Crippen LogP contribution in [0.1, 0.15) is 43.5 Å². The molecule has 0 radical (unpaired) electrons. The third-order valence-corrected chi connectivity index (χ3v) is 13.2. The van der Waals surface area contributed by atoms with Gasteiger partial charge in [-0.05, 0) is 66.3 Å². The zero-order valence-electron chi connectivity index (χ0n) is 42.3. The minimum absolute atomic E-state index is 0.0898. The smallest absolute Gasteiger partial charge is 0.303 e. The summed E-state index contributed by atoms with van der Waals surface area (Å²) >= 11 is 0. The number of hydrogen-bond donors (Lipinski definition) is 3. The van der Waals surface area contributed by atoms with Crippen LogP contribution in [0.25, 0.3) is 90.9 Å². The summed E-state index contributed by atoms with van der Waals surface area (Å²) in [6.45, 7) is 2.24. The highest BCUT2D eigenvalue weighted by molar-refractivity contribution is 6.00. The molecule has 6 heterocycles. The van der Waals surface area contributed by atoms with Crippen LogP contribution in [0.4, 0.5) is 65.9 Å². The van der Waals surface area contributed by atoms with Crippen molar-refractivity contribution in [2.45, 2.75) is 51.5 Å². The van der Waals surface area contributed by atoms with Gasteiger partial charge in [0.2, 0.25) is 29.8 Å². The van der Waals surface area contributed by atoms with Gasteiger partial charge in [0.1, 0.15) is 24.6 Å². The highest BCUT2D eigenvalue weighted by atomic mass is 19.2. The first-order chi connectivity index (χ1) is 39.8. The van der Waals surface area contributed by atoms with E-state index in [0.717, 1.165) is 69.3 Å². The molecule has 0 amide bonds. The molecule has 0 spiro atoms. The first kappa shape index (κ1) is 57.8. The molecule has 3 aromatic heterocycles. The molecular weight excluding hydrogens is 1160 g/mol. The second-order valence-electron chi connectivity index (χ2n) is 18.5. The number of esters is 3. The number of aromatic amines is 2. The van der Waals surface area contributed by atoms with Crippen LogP contribution in [0.5, 0.6) is 5.75 Å². The summed E-state index contributed by atoms with van der Waals surface area (Å²) in [5.41, 5.74) is -14.1. The maximum absolute atomic E-state index is 16.2. The molecular formula is C56H31F15N4O9. The van der Waals surface area contributed by atoms with Crippen molar-refractivity contribution in [3.63, 3.8) is 0 Å².